The first-order valence-electron chi connectivity index (χ1n) is 9.52. The lowest BCUT2D eigenvalue weighted by atomic mass is 10.1. The molecule has 0 unspecified atom stereocenters. The van der Waals surface area contributed by atoms with Gasteiger partial charge in [-0.1, -0.05) is 18.2 Å². The minimum atomic E-state index is -1.07. The van der Waals surface area contributed by atoms with Gasteiger partial charge in [0.1, 0.15) is 21.2 Å². The van der Waals surface area contributed by atoms with E-state index >= 15 is 0 Å². The SMILES string of the molecule is Cc1cc(Oc2ccccc2)ccc1N1C(=O)N(C)c2c(C(=O)O)sc3nccc1c23. The summed E-state index contributed by atoms with van der Waals surface area (Å²) in [6.45, 7) is 1.91. The van der Waals surface area contributed by atoms with Gasteiger partial charge in [0.2, 0.25) is 0 Å². The van der Waals surface area contributed by atoms with Crippen LogP contribution < -0.4 is 14.5 Å². The first kappa shape index (κ1) is 19.1. The van der Waals surface area contributed by atoms with Crippen LogP contribution in [0.1, 0.15) is 15.2 Å². The first-order chi connectivity index (χ1) is 15.0. The van der Waals surface area contributed by atoms with E-state index in [2.05, 4.69) is 4.98 Å². The van der Waals surface area contributed by atoms with E-state index in [1.54, 1.807) is 24.2 Å². The van der Waals surface area contributed by atoms with Crippen molar-refractivity contribution in [2.24, 2.45) is 0 Å². The third kappa shape index (κ3) is 3.00. The molecule has 1 N–H and O–H groups in total. The number of hydrogen-bond acceptors (Lipinski definition) is 5. The van der Waals surface area contributed by atoms with E-state index in [0.29, 0.717) is 33.0 Å². The molecule has 1 aliphatic heterocycles. The number of benzene rings is 2. The normalized spacial score (nSPS) is 13.0. The van der Waals surface area contributed by atoms with Crippen molar-refractivity contribution in [3.8, 4) is 11.5 Å². The fraction of sp³-hybridized carbons (Fsp3) is 0.0870. The lowest BCUT2D eigenvalue weighted by molar-refractivity contribution is 0.0703. The van der Waals surface area contributed by atoms with Crippen molar-refractivity contribution in [2.75, 3.05) is 16.8 Å². The van der Waals surface area contributed by atoms with Crippen LogP contribution in [0.2, 0.25) is 0 Å². The molecule has 7 nitrogen and oxygen atoms in total. The zero-order valence-electron chi connectivity index (χ0n) is 16.7. The third-order valence-electron chi connectivity index (χ3n) is 5.18. The Bertz CT molecular complexity index is 1350. The summed E-state index contributed by atoms with van der Waals surface area (Å²) in [5, 5.41) is 10.3. The monoisotopic (exact) mass is 431 g/mol. The number of thiophene rings is 1. The van der Waals surface area contributed by atoms with Gasteiger partial charge in [-0.3, -0.25) is 9.80 Å². The molecule has 31 heavy (non-hydrogen) atoms. The summed E-state index contributed by atoms with van der Waals surface area (Å²) in [5.74, 6) is 0.313. The average molecular weight is 431 g/mol. The standard InChI is InChI=1S/C23H17N3O4S/c1-13-12-15(30-14-6-4-3-5-7-14)8-9-16(13)26-17-10-11-24-21-18(17)19(25(2)23(26)29)20(31-21)22(27)28/h3-12H,1-2H3,(H,27,28). The van der Waals surface area contributed by atoms with Crippen LogP contribution in [-0.2, 0) is 0 Å². The topological polar surface area (TPSA) is 83.0 Å². The average Bonchev–Trinajstić information content (AvgIpc) is 3.15. The molecule has 0 spiro atoms. The highest BCUT2D eigenvalue weighted by Crippen LogP contribution is 2.48. The van der Waals surface area contributed by atoms with Gasteiger partial charge in [-0.05, 0) is 48.9 Å². The highest BCUT2D eigenvalue weighted by molar-refractivity contribution is 7.21. The lowest BCUT2D eigenvalue weighted by Gasteiger charge is -2.34. The Kier molecular flexibility index (Phi) is 4.37. The van der Waals surface area contributed by atoms with E-state index in [9.17, 15) is 14.7 Å². The maximum Gasteiger partial charge on any atom is 0.348 e. The minimum Gasteiger partial charge on any atom is -0.477 e. The predicted octanol–water partition coefficient (Wildman–Crippen LogP) is 5.80. The number of hydrogen-bond donors (Lipinski definition) is 1. The number of pyridine rings is 1. The van der Waals surface area contributed by atoms with Crippen molar-refractivity contribution in [2.45, 2.75) is 6.92 Å². The second-order valence-corrected chi connectivity index (χ2v) is 8.13. The molecule has 154 valence electrons. The van der Waals surface area contributed by atoms with E-state index in [-0.39, 0.29) is 10.9 Å². The van der Waals surface area contributed by atoms with Crippen molar-refractivity contribution in [3.05, 3.63) is 71.2 Å². The van der Waals surface area contributed by atoms with Gasteiger partial charge in [0.15, 0.2) is 0 Å². The molecule has 4 aromatic rings. The summed E-state index contributed by atoms with van der Waals surface area (Å²) < 4.78 is 5.91. The maximum atomic E-state index is 13.3. The van der Waals surface area contributed by atoms with Gasteiger partial charge in [-0.25, -0.2) is 14.6 Å². The maximum absolute atomic E-state index is 13.3. The number of urea groups is 1. The van der Waals surface area contributed by atoms with Crippen LogP contribution in [0, 0.1) is 6.92 Å². The van der Waals surface area contributed by atoms with E-state index < -0.39 is 5.97 Å². The number of amides is 2. The number of carbonyl (C=O) groups is 2. The van der Waals surface area contributed by atoms with Gasteiger partial charge in [0.25, 0.3) is 0 Å². The quantitative estimate of drug-likeness (QED) is 0.441. The molecule has 2 aromatic carbocycles. The molecule has 0 atom stereocenters. The van der Waals surface area contributed by atoms with E-state index in [4.69, 9.17) is 4.74 Å². The largest absolute Gasteiger partial charge is 0.477 e. The summed E-state index contributed by atoms with van der Waals surface area (Å²) in [4.78, 5) is 33.1. The summed E-state index contributed by atoms with van der Waals surface area (Å²) in [7, 11) is 1.58. The third-order valence-corrected chi connectivity index (χ3v) is 6.26. The fourth-order valence-electron chi connectivity index (χ4n) is 3.79. The molecule has 3 heterocycles. The summed E-state index contributed by atoms with van der Waals surface area (Å²) in [5.41, 5.74) is 2.54. The number of anilines is 3. The number of aromatic nitrogens is 1. The second kappa shape index (κ2) is 7.10. The van der Waals surface area contributed by atoms with E-state index in [1.807, 2.05) is 55.5 Å². The van der Waals surface area contributed by atoms with Crippen molar-refractivity contribution in [1.29, 1.82) is 0 Å². The highest BCUT2D eigenvalue weighted by Gasteiger charge is 2.37. The van der Waals surface area contributed by atoms with Crippen molar-refractivity contribution in [3.63, 3.8) is 0 Å². The highest BCUT2D eigenvalue weighted by atomic mass is 32.1. The Balaban J connectivity index is 1.62. The van der Waals surface area contributed by atoms with Gasteiger partial charge in [0.05, 0.1) is 22.4 Å². The molecule has 0 bridgehead atoms. The van der Waals surface area contributed by atoms with Crippen molar-refractivity contribution in [1.82, 2.24) is 4.98 Å². The number of ether oxygens (including phenoxy) is 1. The molecule has 8 heteroatoms. The molecule has 0 radical (unpaired) electrons. The predicted molar refractivity (Wildman–Crippen MR) is 120 cm³/mol. The lowest BCUT2D eigenvalue weighted by Crippen LogP contribution is -2.42. The number of aromatic carboxylic acids is 1. The van der Waals surface area contributed by atoms with Crippen LogP contribution in [-0.4, -0.2) is 29.1 Å². The smallest absolute Gasteiger partial charge is 0.348 e. The summed E-state index contributed by atoms with van der Waals surface area (Å²) >= 11 is 1.07. The number of carboxylic acid groups (broad SMARTS) is 1. The molecular formula is C23H17N3O4S. The van der Waals surface area contributed by atoms with E-state index in [0.717, 1.165) is 22.6 Å². The van der Waals surface area contributed by atoms with Crippen LogP contribution in [0.5, 0.6) is 11.5 Å². The first-order valence-corrected chi connectivity index (χ1v) is 10.3. The Labute approximate surface area is 181 Å². The Morgan fingerprint density at radius 1 is 1.06 bits per heavy atom. The van der Waals surface area contributed by atoms with Gasteiger partial charge in [-0.2, -0.15) is 0 Å². The molecule has 0 fully saturated rings. The molecule has 0 aliphatic carbocycles. The summed E-state index contributed by atoms with van der Waals surface area (Å²) in [6, 6.07) is 16.4. The molecular weight excluding hydrogens is 414 g/mol. The zero-order valence-corrected chi connectivity index (χ0v) is 17.5. The van der Waals surface area contributed by atoms with Crippen LogP contribution in [0.15, 0.2) is 60.8 Å². The van der Waals surface area contributed by atoms with Crippen molar-refractivity contribution >= 4 is 50.6 Å². The van der Waals surface area contributed by atoms with Gasteiger partial charge >= 0.3 is 12.0 Å². The Morgan fingerprint density at radius 2 is 1.84 bits per heavy atom. The number of nitrogens with zero attached hydrogens (tertiary/aromatic N) is 3. The van der Waals surface area contributed by atoms with E-state index in [1.165, 1.54) is 4.90 Å². The molecule has 2 aromatic heterocycles. The van der Waals surface area contributed by atoms with Crippen LogP contribution in [0.3, 0.4) is 0 Å². The summed E-state index contributed by atoms with van der Waals surface area (Å²) in [6.07, 6.45) is 1.59. The number of para-hydroxylation sites is 1. The Hall–Kier alpha value is -3.91. The number of carboxylic acids is 1. The molecule has 0 saturated heterocycles. The van der Waals surface area contributed by atoms with Crippen molar-refractivity contribution < 1.29 is 19.4 Å². The van der Waals surface area contributed by atoms with Gasteiger partial charge in [-0.15, -0.1) is 11.3 Å². The van der Waals surface area contributed by atoms with Crippen LogP contribution in [0.4, 0.5) is 21.9 Å². The van der Waals surface area contributed by atoms with Crippen LogP contribution >= 0.6 is 11.3 Å². The number of rotatable bonds is 4. The second-order valence-electron chi connectivity index (χ2n) is 7.14. The molecule has 1 aliphatic rings. The molecule has 0 saturated carbocycles. The van der Waals surface area contributed by atoms with Crippen LogP contribution in [0.25, 0.3) is 10.2 Å². The minimum absolute atomic E-state index is 0.105. The molecule has 5 rings (SSSR count). The zero-order chi connectivity index (χ0) is 21.7. The fourth-order valence-corrected chi connectivity index (χ4v) is 4.82. The van der Waals surface area contributed by atoms with Gasteiger partial charge < -0.3 is 9.84 Å². The Morgan fingerprint density at radius 3 is 2.55 bits per heavy atom. The molecule has 2 amide bonds. The number of aryl methyl sites for hydroxylation is 1. The van der Waals surface area contributed by atoms with Gasteiger partial charge in [0, 0.05) is 13.2 Å². The number of carbonyl (C=O) groups excluding carboxylic acids is 1.